The fourth-order valence-electron chi connectivity index (χ4n) is 4.31. The third-order valence-corrected chi connectivity index (χ3v) is 6.21. The number of rotatable bonds is 5. The number of hydrogen-bond donors (Lipinski definition) is 4. The number of imidazole rings is 1. The number of fused-ring (bicyclic) bond motifs is 1. The molecule has 1 aromatic heterocycles. The molecule has 1 aromatic carbocycles. The van der Waals surface area contributed by atoms with Gasteiger partial charge in [0.2, 0.25) is 5.91 Å². The molecular weight excluding hydrogens is 398 g/mol. The van der Waals surface area contributed by atoms with E-state index >= 15 is 0 Å². The number of benzene rings is 1. The van der Waals surface area contributed by atoms with Gasteiger partial charge in [0.05, 0.1) is 29.3 Å². The fourth-order valence-corrected chi connectivity index (χ4v) is 4.31. The van der Waals surface area contributed by atoms with Crippen LogP contribution < -0.4 is 15.7 Å². The molecule has 160 valence electrons. The highest BCUT2D eigenvalue weighted by Gasteiger charge is 2.60. The summed E-state index contributed by atoms with van der Waals surface area (Å²) in [6.45, 7) is 7.52. The molecule has 31 heavy (non-hydrogen) atoms. The van der Waals surface area contributed by atoms with E-state index in [0.717, 1.165) is 0 Å². The number of carbonyl (C=O) groups excluding carboxylic acids is 3. The van der Waals surface area contributed by atoms with Gasteiger partial charge in [0.15, 0.2) is 0 Å². The summed E-state index contributed by atoms with van der Waals surface area (Å²) >= 11 is 0. The highest BCUT2D eigenvalue weighted by molar-refractivity contribution is 6.10. The second kappa shape index (κ2) is 7.21. The van der Waals surface area contributed by atoms with Crippen LogP contribution in [0.5, 0.6) is 0 Å². The van der Waals surface area contributed by atoms with Crippen molar-refractivity contribution < 1.29 is 19.6 Å². The second-order valence-corrected chi connectivity index (χ2v) is 8.25. The lowest BCUT2D eigenvalue weighted by Gasteiger charge is -2.43. The number of H-pyrrole nitrogens is 1. The molecule has 9 nitrogen and oxygen atoms in total. The van der Waals surface area contributed by atoms with Crippen LogP contribution in [-0.2, 0) is 19.8 Å². The van der Waals surface area contributed by atoms with Crippen LogP contribution in [0.1, 0.15) is 31.5 Å². The van der Waals surface area contributed by atoms with Crippen molar-refractivity contribution in [1.29, 1.82) is 0 Å². The molecule has 2 aliphatic heterocycles. The number of hydrogen-bond acceptors (Lipinski definition) is 5. The monoisotopic (exact) mass is 421 g/mol. The van der Waals surface area contributed by atoms with Gasteiger partial charge in [-0.15, -0.1) is 6.58 Å². The average molecular weight is 421 g/mol. The zero-order chi connectivity index (χ0) is 22.4. The lowest BCUT2D eigenvalue weighted by molar-refractivity contribution is -0.136. The fraction of sp³-hybridized carbons (Fsp3) is 0.273. The summed E-state index contributed by atoms with van der Waals surface area (Å²) in [5.41, 5.74) is -0.583. The van der Waals surface area contributed by atoms with Crippen LogP contribution in [0.15, 0.2) is 55.1 Å². The van der Waals surface area contributed by atoms with E-state index in [2.05, 4.69) is 27.2 Å². The number of carbonyl (C=O) groups is 3. The number of aromatic nitrogens is 2. The van der Waals surface area contributed by atoms with Crippen LogP contribution in [0.3, 0.4) is 0 Å². The molecule has 1 saturated heterocycles. The predicted molar refractivity (Wildman–Crippen MR) is 113 cm³/mol. The van der Waals surface area contributed by atoms with Gasteiger partial charge in [0.25, 0.3) is 11.8 Å². The molecule has 0 bridgehead atoms. The van der Waals surface area contributed by atoms with Crippen LogP contribution in [0.25, 0.3) is 6.08 Å². The normalized spacial score (nSPS) is 24.7. The van der Waals surface area contributed by atoms with Gasteiger partial charge in [0, 0.05) is 5.41 Å². The van der Waals surface area contributed by atoms with Crippen LogP contribution in [0.2, 0.25) is 0 Å². The first-order chi connectivity index (χ1) is 14.7. The minimum Gasteiger partial charge on any atom is -0.345 e. The Labute approximate surface area is 178 Å². The summed E-state index contributed by atoms with van der Waals surface area (Å²) in [4.78, 5) is 45.7. The van der Waals surface area contributed by atoms with Gasteiger partial charge in [-0.3, -0.25) is 19.6 Å². The number of allylic oxidation sites excluding steroid dienone is 1. The average Bonchev–Trinajstić information content (AvgIpc) is 3.33. The standard InChI is InChI=1S/C22H23N5O4/c1-4-21(2,3)22(14-7-5-6-8-17(14)27(31)20(22)30)10-16-19(29)25-15(18(28)26-16)9-13-11-23-12-24-13/h4-9,11-12,16,31H,1,10H2,2-3H3,(H,23,24)(H,25,29)(H,26,28)/b15-9+. The molecule has 0 spiro atoms. The Kier molecular flexibility index (Phi) is 4.78. The van der Waals surface area contributed by atoms with E-state index in [1.807, 2.05) is 13.8 Å². The molecule has 0 aliphatic carbocycles. The van der Waals surface area contributed by atoms with Gasteiger partial charge in [-0.2, -0.15) is 5.06 Å². The Morgan fingerprint density at radius 3 is 2.71 bits per heavy atom. The summed E-state index contributed by atoms with van der Waals surface area (Å²) < 4.78 is 0. The molecule has 4 N–H and O–H groups in total. The van der Waals surface area contributed by atoms with Gasteiger partial charge < -0.3 is 15.6 Å². The van der Waals surface area contributed by atoms with Crippen molar-refractivity contribution in [2.45, 2.75) is 31.7 Å². The Morgan fingerprint density at radius 1 is 1.29 bits per heavy atom. The van der Waals surface area contributed by atoms with Crippen molar-refractivity contribution in [3.05, 3.63) is 66.4 Å². The van der Waals surface area contributed by atoms with Crippen LogP contribution >= 0.6 is 0 Å². The van der Waals surface area contributed by atoms with Crippen LogP contribution in [0, 0.1) is 5.41 Å². The molecule has 2 unspecified atom stereocenters. The number of nitrogens with zero attached hydrogens (tertiary/aromatic N) is 2. The molecule has 3 amide bonds. The highest BCUT2D eigenvalue weighted by Crippen LogP contribution is 2.54. The molecule has 2 aromatic rings. The molecule has 2 atom stereocenters. The van der Waals surface area contributed by atoms with Crippen LogP contribution in [0.4, 0.5) is 5.69 Å². The van der Waals surface area contributed by atoms with Gasteiger partial charge in [-0.05, 0) is 24.1 Å². The van der Waals surface area contributed by atoms with E-state index in [-0.39, 0.29) is 12.1 Å². The Balaban J connectivity index is 1.72. The smallest absolute Gasteiger partial charge is 0.268 e. The summed E-state index contributed by atoms with van der Waals surface area (Å²) in [7, 11) is 0. The lowest BCUT2D eigenvalue weighted by Crippen LogP contribution is -2.60. The Hall–Kier alpha value is -3.72. The maximum Gasteiger partial charge on any atom is 0.268 e. The maximum atomic E-state index is 13.4. The number of piperazine rings is 1. The Bertz CT molecular complexity index is 1100. The number of amides is 3. The van der Waals surface area contributed by atoms with E-state index in [9.17, 15) is 19.6 Å². The minimum absolute atomic E-state index is 0.0478. The van der Waals surface area contributed by atoms with Crippen molar-refractivity contribution in [2.24, 2.45) is 5.41 Å². The van der Waals surface area contributed by atoms with E-state index in [0.29, 0.717) is 22.0 Å². The van der Waals surface area contributed by atoms with E-state index in [4.69, 9.17) is 0 Å². The summed E-state index contributed by atoms with van der Waals surface area (Å²) in [5.74, 6) is -1.50. The van der Waals surface area contributed by atoms with Crippen molar-refractivity contribution in [2.75, 3.05) is 5.06 Å². The molecule has 0 saturated carbocycles. The number of para-hydroxylation sites is 1. The minimum atomic E-state index is -1.31. The van der Waals surface area contributed by atoms with Crippen molar-refractivity contribution in [1.82, 2.24) is 20.6 Å². The quantitative estimate of drug-likeness (QED) is 0.332. The number of hydroxylamine groups is 1. The van der Waals surface area contributed by atoms with Crippen molar-refractivity contribution >= 4 is 29.5 Å². The molecule has 9 heteroatoms. The van der Waals surface area contributed by atoms with E-state index in [1.54, 1.807) is 30.3 Å². The molecule has 1 fully saturated rings. The number of nitrogens with one attached hydrogen (secondary N) is 3. The maximum absolute atomic E-state index is 13.4. The van der Waals surface area contributed by atoms with Crippen LogP contribution in [-0.4, -0.2) is 38.9 Å². The zero-order valence-electron chi connectivity index (χ0n) is 17.2. The zero-order valence-corrected chi connectivity index (χ0v) is 17.2. The van der Waals surface area contributed by atoms with Gasteiger partial charge in [0.1, 0.15) is 11.7 Å². The molecule has 2 aliphatic rings. The third kappa shape index (κ3) is 3.05. The second-order valence-electron chi connectivity index (χ2n) is 8.25. The topological polar surface area (TPSA) is 127 Å². The van der Waals surface area contributed by atoms with Crippen molar-refractivity contribution in [3.63, 3.8) is 0 Å². The SMILES string of the molecule is C=CC(C)(C)C1(CC2NC(=O)/C(=C\c3cnc[nH]3)NC2=O)C(=O)N(O)c2ccccc21. The summed E-state index contributed by atoms with van der Waals surface area (Å²) in [5, 5.41) is 16.5. The molecular formula is C22H23N5O4. The largest absolute Gasteiger partial charge is 0.345 e. The third-order valence-electron chi connectivity index (χ3n) is 6.21. The lowest BCUT2D eigenvalue weighted by atomic mass is 9.59. The first kappa shape index (κ1) is 20.5. The first-order valence-electron chi connectivity index (χ1n) is 9.79. The molecule has 3 heterocycles. The summed E-state index contributed by atoms with van der Waals surface area (Å²) in [6, 6.07) is 5.88. The molecule has 0 radical (unpaired) electrons. The Morgan fingerprint density at radius 2 is 2.03 bits per heavy atom. The highest BCUT2D eigenvalue weighted by atomic mass is 16.5. The van der Waals surface area contributed by atoms with E-state index < -0.39 is 34.6 Å². The molecule has 4 rings (SSSR count). The number of aromatic amines is 1. The number of anilines is 1. The predicted octanol–water partition coefficient (Wildman–Crippen LogP) is 1.64. The van der Waals surface area contributed by atoms with E-state index in [1.165, 1.54) is 18.6 Å². The van der Waals surface area contributed by atoms with Gasteiger partial charge in [-0.1, -0.05) is 38.1 Å². The summed E-state index contributed by atoms with van der Waals surface area (Å²) in [6.07, 6.45) is 6.04. The van der Waals surface area contributed by atoms with Gasteiger partial charge in [-0.25, -0.2) is 4.98 Å². The van der Waals surface area contributed by atoms with Crippen molar-refractivity contribution in [3.8, 4) is 0 Å². The first-order valence-corrected chi connectivity index (χ1v) is 9.79. The van der Waals surface area contributed by atoms with Gasteiger partial charge >= 0.3 is 0 Å².